The van der Waals surface area contributed by atoms with Gasteiger partial charge in [0.15, 0.2) is 0 Å². The summed E-state index contributed by atoms with van der Waals surface area (Å²) in [5.41, 5.74) is 1.14. The summed E-state index contributed by atoms with van der Waals surface area (Å²) in [7, 11) is 0. The summed E-state index contributed by atoms with van der Waals surface area (Å²) in [5.74, 6) is 0. The number of nitrogens with zero attached hydrogens (tertiary/aromatic N) is 2. The molecule has 1 saturated carbocycles. The summed E-state index contributed by atoms with van der Waals surface area (Å²) < 4.78 is 2.15. The van der Waals surface area contributed by atoms with Gasteiger partial charge in [-0.15, -0.1) is 11.3 Å². The highest BCUT2D eigenvalue weighted by atomic mass is 32.1. The topological polar surface area (TPSA) is 29.9 Å². The maximum atomic E-state index is 4.40. The van der Waals surface area contributed by atoms with Gasteiger partial charge < -0.3 is 9.88 Å². The van der Waals surface area contributed by atoms with Crippen molar-refractivity contribution in [1.82, 2.24) is 14.9 Å². The van der Waals surface area contributed by atoms with Crippen molar-refractivity contribution >= 4 is 11.3 Å². The molecule has 0 spiro atoms. The van der Waals surface area contributed by atoms with E-state index < -0.39 is 0 Å². The van der Waals surface area contributed by atoms with Crippen LogP contribution in [0.25, 0.3) is 0 Å². The first-order chi connectivity index (χ1) is 7.90. The summed E-state index contributed by atoms with van der Waals surface area (Å²) in [6.45, 7) is 1.84. The number of hydrogen-bond acceptors (Lipinski definition) is 3. The third-order valence-electron chi connectivity index (χ3n) is 2.75. The zero-order valence-corrected chi connectivity index (χ0v) is 9.91. The van der Waals surface area contributed by atoms with Gasteiger partial charge in [0, 0.05) is 23.7 Å². The number of hydrogen-bond donors (Lipinski definition) is 1. The average molecular weight is 233 g/mol. The van der Waals surface area contributed by atoms with Crippen LogP contribution in [0.5, 0.6) is 0 Å². The molecule has 4 heteroatoms. The Balaban J connectivity index is 1.58. The fraction of sp³-hybridized carbons (Fsp3) is 0.417. The Morgan fingerprint density at radius 3 is 3.19 bits per heavy atom. The zero-order chi connectivity index (χ0) is 10.8. The molecule has 0 amide bonds. The largest absolute Gasteiger partial charge is 0.332 e. The molecule has 0 bridgehead atoms. The lowest BCUT2D eigenvalue weighted by Gasteiger charge is -1.99. The van der Waals surface area contributed by atoms with Crippen molar-refractivity contribution in [3.05, 3.63) is 40.6 Å². The average Bonchev–Trinajstić information content (AvgIpc) is 2.78. The Morgan fingerprint density at radius 1 is 1.50 bits per heavy atom. The van der Waals surface area contributed by atoms with E-state index in [4.69, 9.17) is 0 Å². The lowest BCUT2D eigenvalue weighted by atomic mass is 10.4. The number of imidazole rings is 1. The molecule has 3 rings (SSSR count). The van der Waals surface area contributed by atoms with Crippen LogP contribution in [-0.2, 0) is 13.1 Å². The highest BCUT2D eigenvalue weighted by molar-refractivity contribution is 7.09. The minimum absolute atomic E-state index is 0.752. The normalized spacial score (nSPS) is 15.5. The van der Waals surface area contributed by atoms with Gasteiger partial charge in [0.2, 0.25) is 0 Å². The van der Waals surface area contributed by atoms with E-state index in [2.05, 4.69) is 38.6 Å². The Morgan fingerprint density at radius 2 is 2.44 bits per heavy atom. The van der Waals surface area contributed by atoms with E-state index in [9.17, 15) is 0 Å². The van der Waals surface area contributed by atoms with Crippen LogP contribution < -0.4 is 5.32 Å². The molecule has 0 saturated heterocycles. The molecule has 2 heterocycles. The van der Waals surface area contributed by atoms with Gasteiger partial charge in [-0.05, 0) is 24.3 Å². The van der Waals surface area contributed by atoms with Crippen LogP contribution in [0.2, 0.25) is 0 Å². The van der Waals surface area contributed by atoms with Gasteiger partial charge in [-0.1, -0.05) is 6.07 Å². The van der Waals surface area contributed by atoms with Gasteiger partial charge in [-0.25, -0.2) is 4.98 Å². The van der Waals surface area contributed by atoms with E-state index >= 15 is 0 Å². The van der Waals surface area contributed by atoms with Crippen molar-refractivity contribution in [2.45, 2.75) is 32.0 Å². The third kappa shape index (κ3) is 2.51. The van der Waals surface area contributed by atoms with Crippen LogP contribution in [0, 0.1) is 0 Å². The molecule has 0 aliphatic heterocycles. The lowest BCUT2D eigenvalue weighted by Crippen LogP contribution is -2.15. The predicted octanol–water partition coefficient (Wildman–Crippen LogP) is 2.24. The number of aromatic nitrogens is 2. The summed E-state index contributed by atoms with van der Waals surface area (Å²) in [6, 6.07) is 5.00. The maximum absolute atomic E-state index is 4.40. The van der Waals surface area contributed by atoms with Crippen LogP contribution >= 0.6 is 11.3 Å². The van der Waals surface area contributed by atoms with E-state index in [1.165, 1.54) is 17.7 Å². The minimum Gasteiger partial charge on any atom is -0.332 e. The van der Waals surface area contributed by atoms with E-state index in [0.717, 1.165) is 24.8 Å². The van der Waals surface area contributed by atoms with Gasteiger partial charge in [0.25, 0.3) is 0 Å². The minimum atomic E-state index is 0.752. The highest BCUT2D eigenvalue weighted by Gasteiger charge is 2.20. The van der Waals surface area contributed by atoms with E-state index in [-0.39, 0.29) is 0 Å². The molecular formula is C12H15N3S. The smallest absolute Gasteiger partial charge is 0.0953 e. The molecule has 3 nitrogen and oxygen atoms in total. The second-order valence-corrected chi connectivity index (χ2v) is 5.30. The maximum Gasteiger partial charge on any atom is 0.0953 e. The van der Waals surface area contributed by atoms with Crippen LogP contribution in [0.1, 0.15) is 23.4 Å². The highest BCUT2D eigenvalue weighted by Crippen LogP contribution is 2.19. The van der Waals surface area contributed by atoms with Gasteiger partial charge in [0.1, 0.15) is 0 Å². The van der Waals surface area contributed by atoms with Crippen molar-refractivity contribution in [3.63, 3.8) is 0 Å². The fourth-order valence-corrected chi connectivity index (χ4v) is 2.42. The molecule has 0 aromatic carbocycles. The van der Waals surface area contributed by atoms with Gasteiger partial charge in [0.05, 0.1) is 18.6 Å². The molecule has 2 aromatic heterocycles. The molecule has 16 heavy (non-hydrogen) atoms. The second kappa shape index (κ2) is 4.39. The first-order valence-corrected chi connectivity index (χ1v) is 6.54. The molecule has 0 atom stereocenters. The Labute approximate surface area is 99.1 Å². The second-order valence-electron chi connectivity index (χ2n) is 4.27. The van der Waals surface area contributed by atoms with Crippen LogP contribution in [-0.4, -0.2) is 15.6 Å². The van der Waals surface area contributed by atoms with Crippen molar-refractivity contribution in [2.24, 2.45) is 0 Å². The first kappa shape index (κ1) is 10.1. The summed E-state index contributed by atoms with van der Waals surface area (Å²) >= 11 is 1.79. The Bertz CT molecular complexity index is 443. The van der Waals surface area contributed by atoms with Gasteiger partial charge >= 0.3 is 0 Å². The molecule has 1 aliphatic rings. The molecule has 1 fully saturated rings. The van der Waals surface area contributed by atoms with Gasteiger partial charge in [-0.2, -0.15) is 0 Å². The molecule has 0 unspecified atom stereocenters. The van der Waals surface area contributed by atoms with E-state index in [1.807, 2.05) is 6.33 Å². The molecule has 1 N–H and O–H groups in total. The monoisotopic (exact) mass is 233 g/mol. The fourth-order valence-electron chi connectivity index (χ4n) is 1.70. The molecule has 84 valence electrons. The number of rotatable bonds is 5. The number of nitrogens with one attached hydrogen (secondary N) is 1. The first-order valence-electron chi connectivity index (χ1n) is 5.66. The SMILES string of the molecule is c1csc(Cn2cnc(CNC3CC3)c2)c1. The van der Waals surface area contributed by atoms with E-state index in [1.54, 1.807) is 11.3 Å². The lowest BCUT2D eigenvalue weighted by molar-refractivity contribution is 0.676. The van der Waals surface area contributed by atoms with Crippen molar-refractivity contribution in [3.8, 4) is 0 Å². The van der Waals surface area contributed by atoms with Crippen LogP contribution in [0.3, 0.4) is 0 Å². The summed E-state index contributed by atoms with van der Waals surface area (Å²) in [5, 5.41) is 5.58. The van der Waals surface area contributed by atoms with E-state index in [0.29, 0.717) is 0 Å². The van der Waals surface area contributed by atoms with Crippen molar-refractivity contribution in [1.29, 1.82) is 0 Å². The van der Waals surface area contributed by atoms with Crippen molar-refractivity contribution < 1.29 is 0 Å². The van der Waals surface area contributed by atoms with Gasteiger partial charge in [-0.3, -0.25) is 0 Å². The quantitative estimate of drug-likeness (QED) is 0.858. The van der Waals surface area contributed by atoms with Crippen LogP contribution in [0.15, 0.2) is 30.0 Å². The predicted molar refractivity (Wildman–Crippen MR) is 65.5 cm³/mol. The Kier molecular flexibility index (Phi) is 2.76. The van der Waals surface area contributed by atoms with Crippen molar-refractivity contribution in [2.75, 3.05) is 0 Å². The molecule has 2 aromatic rings. The standard InChI is InChI=1S/C12H15N3S/c1-2-12(16-5-1)8-15-7-11(14-9-15)6-13-10-3-4-10/h1-2,5,7,9-10,13H,3-4,6,8H2. The number of thiophene rings is 1. The molecular weight excluding hydrogens is 218 g/mol. The molecule has 0 radical (unpaired) electrons. The van der Waals surface area contributed by atoms with Crippen LogP contribution in [0.4, 0.5) is 0 Å². The molecule has 1 aliphatic carbocycles. The zero-order valence-electron chi connectivity index (χ0n) is 9.10. The summed E-state index contributed by atoms with van der Waals surface area (Å²) in [6.07, 6.45) is 6.71. The summed E-state index contributed by atoms with van der Waals surface area (Å²) in [4.78, 5) is 5.78. The third-order valence-corrected chi connectivity index (χ3v) is 3.62. The Hall–Kier alpha value is -1.13.